The SMILES string of the molecule is COc1ccccc1C(NC(=O)C(F)(F)F)(C(=O)O)C(F)(F)F. The number of methoxy groups -OCH3 is 1. The Hall–Kier alpha value is -2.46. The van der Waals surface area contributed by atoms with E-state index < -0.39 is 41.1 Å². The van der Waals surface area contributed by atoms with E-state index in [2.05, 4.69) is 4.74 Å². The van der Waals surface area contributed by atoms with Crippen LogP contribution >= 0.6 is 0 Å². The van der Waals surface area contributed by atoms with Crippen LogP contribution in [0.1, 0.15) is 5.56 Å². The van der Waals surface area contributed by atoms with E-state index in [0.29, 0.717) is 11.4 Å². The molecule has 0 spiro atoms. The number of carbonyl (C=O) groups excluding carboxylic acids is 1. The number of carbonyl (C=O) groups is 2. The van der Waals surface area contributed by atoms with Crippen molar-refractivity contribution in [3.8, 4) is 5.75 Å². The molecule has 0 aliphatic heterocycles. The van der Waals surface area contributed by atoms with Gasteiger partial charge in [0.15, 0.2) is 0 Å². The van der Waals surface area contributed by atoms with Crippen molar-refractivity contribution in [1.82, 2.24) is 5.32 Å². The van der Waals surface area contributed by atoms with Gasteiger partial charge in [-0.15, -0.1) is 0 Å². The molecular formula is C12H9F6NO4. The highest BCUT2D eigenvalue weighted by atomic mass is 19.4. The minimum atomic E-state index is -5.78. The smallest absolute Gasteiger partial charge is 0.471 e. The number of hydrogen-bond donors (Lipinski definition) is 2. The first-order valence-corrected chi connectivity index (χ1v) is 5.71. The van der Waals surface area contributed by atoms with Gasteiger partial charge in [0.25, 0.3) is 5.54 Å². The second-order valence-electron chi connectivity index (χ2n) is 4.21. The van der Waals surface area contributed by atoms with Gasteiger partial charge in [-0.25, -0.2) is 4.79 Å². The molecule has 0 aromatic heterocycles. The van der Waals surface area contributed by atoms with Gasteiger partial charge in [-0.05, 0) is 6.07 Å². The Morgan fingerprint density at radius 2 is 1.61 bits per heavy atom. The highest BCUT2D eigenvalue weighted by Gasteiger charge is 2.66. The first-order valence-electron chi connectivity index (χ1n) is 5.71. The number of nitrogens with one attached hydrogen (secondary N) is 1. The molecule has 0 aliphatic rings. The third kappa shape index (κ3) is 3.32. The molecule has 1 atom stereocenters. The van der Waals surface area contributed by atoms with Crippen molar-refractivity contribution in [1.29, 1.82) is 0 Å². The van der Waals surface area contributed by atoms with Crippen LogP contribution in [0.15, 0.2) is 24.3 Å². The number of hydrogen-bond acceptors (Lipinski definition) is 3. The topological polar surface area (TPSA) is 75.6 Å². The number of amides is 1. The zero-order chi connectivity index (χ0) is 18.1. The number of benzene rings is 1. The van der Waals surface area contributed by atoms with Crippen LogP contribution in [0.4, 0.5) is 26.3 Å². The summed E-state index contributed by atoms with van der Waals surface area (Å²) in [6.07, 6.45) is -11.5. The number of para-hydroxylation sites is 1. The molecule has 1 aromatic carbocycles. The number of aliphatic carboxylic acids is 1. The zero-order valence-corrected chi connectivity index (χ0v) is 11.2. The van der Waals surface area contributed by atoms with Crippen molar-refractivity contribution in [2.75, 3.05) is 7.11 Å². The standard InChI is InChI=1S/C12H9F6NO4/c1-23-7-5-3-2-4-6(7)10(9(21)22,12(16,17)18)19-8(20)11(13,14)15/h2-5H,1H3,(H,19,20)(H,21,22). The van der Waals surface area contributed by atoms with Crippen molar-refractivity contribution < 1.29 is 45.8 Å². The summed E-state index contributed by atoms with van der Waals surface area (Å²) in [5.74, 6) is -6.45. The summed E-state index contributed by atoms with van der Waals surface area (Å²) in [6, 6.07) is 3.65. The van der Waals surface area contributed by atoms with Gasteiger partial charge >= 0.3 is 24.2 Å². The van der Waals surface area contributed by atoms with E-state index in [9.17, 15) is 35.9 Å². The van der Waals surface area contributed by atoms with Gasteiger partial charge < -0.3 is 15.2 Å². The van der Waals surface area contributed by atoms with E-state index in [1.165, 1.54) is 6.07 Å². The Kier molecular flexibility index (Phi) is 4.83. The minimum absolute atomic E-state index is 0.532. The molecule has 0 saturated heterocycles. The summed E-state index contributed by atoms with van der Waals surface area (Å²) in [6.45, 7) is 0. The maximum Gasteiger partial charge on any atom is 0.471 e. The number of carboxylic acids is 1. The fourth-order valence-corrected chi connectivity index (χ4v) is 1.78. The van der Waals surface area contributed by atoms with Crippen LogP contribution in [0.2, 0.25) is 0 Å². The highest BCUT2D eigenvalue weighted by Crippen LogP contribution is 2.43. The summed E-state index contributed by atoms with van der Waals surface area (Å²) in [7, 11) is 0.896. The van der Waals surface area contributed by atoms with Crippen LogP contribution in [-0.2, 0) is 15.1 Å². The average molecular weight is 345 g/mol. The van der Waals surface area contributed by atoms with E-state index >= 15 is 0 Å². The first kappa shape index (κ1) is 18.6. The Labute approximate surface area is 124 Å². The fraction of sp³-hybridized carbons (Fsp3) is 0.333. The highest BCUT2D eigenvalue weighted by molar-refractivity contribution is 5.92. The molecule has 1 rings (SSSR count). The molecule has 1 unspecified atom stereocenters. The van der Waals surface area contributed by atoms with Gasteiger partial charge in [0, 0.05) is 5.56 Å². The predicted molar refractivity (Wildman–Crippen MR) is 62.6 cm³/mol. The maximum atomic E-state index is 13.4. The Morgan fingerprint density at radius 3 is 2.00 bits per heavy atom. The lowest BCUT2D eigenvalue weighted by Crippen LogP contribution is -2.63. The lowest BCUT2D eigenvalue weighted by Gasteiger charge is -2.33. The molecule has 0 saturated carbocycles. The molecule has 1 aromatic rings. The molecule has 0 aliphatic carbocycles. The Balaban J connectivity index is 3.67. The monoisotopic (exact) mass is 345 g/mol. The van der Waals surface area contributed by atoms with Gasteiger partial charge in [0.1, 0.15) is 5.75 Å². The van der Waals surface area contributed by atoms with Gasteiger partial charge in [-0.3, -0.25) is 4.79 Å². The summed E-state index contributed by atoms with van der Waals surface area (Å²) in [4.78, 5) is 22.2. The average Bonchev–Trinajstić information content (AvgIpc) is 2.41. The van der Waals surface area contributed by atoms with Gasteiger partial charge in [-0.2, -0.15) is 26.3 Å². The summed E-state index contributed by atoms with van der Waals surface area (Å²) in [5, 5.41) is 9.52. The molecule has 128 valence electrons. The van der Waals surface area contributed by atoms with Crippen molar-refractivity contribution in [3.05, 3.63) is 29.8 Å². The minimum Gasteiger partial charge on any atom is -0.496 e. The van der Waals surface area contributed by atoms with Gasteiger partial charge in [0.2, 0.25) is 0 Å². The van der Waals surface area contributed by atoms with Crippen LogP contribution in [0.3, 0.4) is 0 Å². The number of carboxylic acid groups (broad SMARTS) is 1. The number of halogens is 6. The lowest BCUT2D eigenvalue weighted by molar-refractivity contribution is -0.221. The molecule has 5 nitrogen and oxygen atoms in total. The molecule has 2 N–H and O–H groups in total. The van der Waals surface area contributed by atoms with E-state index in [4.69, 9.17) is 5.11 Å². The van der Waals surface area contributed by atoms with Crippen LogP contribution in [0.5, 0.6) is 5.75 Å². The van der Waals surface area contributed by atoms with Gasteiger partial charge in [0.05, 0.1) is 7.11 Å². The van der Waals surface area contributed by atoms with Gasteiger partial charge in [-0.1, -0.05) is 18.2 Å². The van der Waals surface area contributed by atoms with E-state index in [0.717, 1.165) is 19.2 Å². The van der Waals surface area contributed by atoms with Crippen LogP contribution in [0, 0.1) is 0 Å². The number of ether oxygens (including phenoxy) is 1. The number of alkyl halides is 6. The lowest BCUT2D eigenvalue weighted by atomic mass is 9.88. The quantitative estimate of drug-likeness (QED) is 0.821. The molecule has 0 radical (unpaired) electrons. The second-order valence-corrected chi connectivity index (χ2v) is 4.21. The maximum absolute atomic E-state index is 13.4. The second kappa shape index (κ2) is 5.97. The van der Waals surface area contributed by atoms with E-state index in [1.807, 2.05) is 0 Å². The van der Waals surface area contributed by atoms with Crippen molar-refractivity contribution in [2.24, 2.45) is 0 Å². The zero-order valence-electron chi connectivity index (χ0n) is 11.2. The molecule has 0 bridgehead atoms. The van der Waals surface area contributed by atoms with Crippen LogP contribution in [0.25, 0.3) is 0 Å². The van der Waals surface area contributed by atoms with E-state index in [-0.39, 0.29) is 0 Å². The van der Waals surface area contributed by atoms with Crippen LogP contribution < -0.4 is 10.1 Å². The van der Waals surface area contributed by atoms with Crippen LogP contribution in [-0.4, -0.2) is 36.4 Å². The third-order valence-electron chi connectivity index (χ3n) is 2.82. The molecule has 23 heavy (non-hydrogen) atoms. The van der Waals surface area contributed by atoms with Crippen molar-refractivity contribution >= 4 is 11.9 Å². The predicted octanol–water partition coefficient (Wildman–Crippen LogP) is 2.22. The summed E-state index contributed by atoms with van der Waals surface area (Å²) >= 11 is 0. The Bertz CT molecular complexity index is 612. The van der Waals surface area contributed by atoms with Crippen molar-refractivity contribution in [2.45, 2.75) is 17.9 Å². The first-order chi connectivity index (χ1) is 10.4. The van der Waals surface area contributed by atoms with E-state index in [1.54, 1.807) is 0 Å². The van der Waals surface area contributed by atoms with Crippen molar-refractivity contribution in [3.63, 3.8) is 0 Å². The summed E-state index contributed by atoms with van der Waals surface area (Å²) in [5.41, 5.74) is -5.52. The molecular weight excluding hydrogens is 336 g/mol. The molecule has 0 fully saturated rings. The third-order valence-corrected chi connectivity index (χ3v) is 2.82. The number of rotatable bonds is 4. The Morgan fingerprint density at radius 1 is 1.09 bits per heavy atom. The molecule has 1 amide bonds. The largest absolute Gasteiger partial charge is 0.496 e. The molecule has 0 heterocycles. The fourth-order valence-electron chi connectivity index (χ4n) is 1.78. The molecule has 11 heteroatoms. The summed E-state index contributed by atoms with van der Waals surface area (Å²) < 4.78 is 81.6. The normalized spacial score (nSPS) is 14.7.